The summed E-state index contributed by atoms with van der Waals surface area (Å²) in [6.45, 7) is 20.1. The number of carbonyl (C=O) groups excluding carboxylic acids is 2. The van der Waals surface area contributed by atoms with Gasteiger partial charge in [0.2, 0.25) is 0 Å². The molecule has 0 spiro atoms. The number of rotatable bonds is 4. The van der Waals surface area contributed by atoms with Gasteiger partial charge in [-0.25, -0.2) is 0 Å². The second-order valence-electron chi connectivity index (χ2n) is 16.6. The van der Waals surface area contributed by atoms with Gasteiger partial charge < -0.3 is 14.6 Å². The zero-order valence-electron chi connectivity index (χ0n) is 26.3. The van der Waals surface area contributed by atoms with Crippen LogP contribution in [0.4, 0.5) is 0 Å². The molecule has 1 N–H and O–H groups in total. The van der Waals surface area contributed by atoms with Crippen LogP contribution >= 0.6 is 0 Å². The summed E-state index contributed by atoms with van der Waals surface area (Å²) in [7, 11) is 0. The van der Waals surface area contributed by atoms with Crippen LogP contribution in [-0.2, 0) is 19.1 Å². The van der Waals surface area contributed by atoms with Crippen LogP contribution in [0, 0.1) is 56.7 Å². The lowest BCUT2D eigenvalue weighted by molar-refractivity contribution is -0.255. The summed E-state index contributed by atoms with van der Waals surface area (Å²) < 4.78 is 11.7. The third-order valence-electron chi connectivity index (χ3n) is 14.3. The van der Waals surface area contributed by atoms with E-state index in [1.54, 1.807) is 6.92 Å². The molecule has 0 heterocycles. The van der Waals surface area contributed by atoms with E-state index in [9.17, 15) is 14.7 Å². The fourth-order valence-electron chi connectivity index (χ4n) is 12.4. The maximum atomic E-state index is 11.9. The van der Waals surface area contributed by atoms with Crippen molar-refractivity contribution in [2.45, 2.75) is 138 Å². The molecule has 5 saturated carbocycles. The van der Waals surface area contributed by atoms with Gasteiger partial charge in [0.1, 0.15) is 6.10 Å². The molecule has 0 bridgehead atoms. The van der Waals surface area contributed by atoms with E-state index in [2.05, 4.69) is 34.6 Å². The van der Waals surface area contributed by atoms with Gasteiger partial charge in [0, 0.05) is 24.7 Å². The molecule has 5 aliphatic rings. The second-order valence-corrected chi connectivity index (χ2v) is 16.6. The van der Waals surface area contributed by atoms with Crippen LogP contribution in [0.5, 0.6) is 0 Å². The number of carbonyl (C=O) groups is 2. The van der Waals surface area contributed by atoms with Crippen LogP contribution < -0.4 is 0 Å². The molecular weight excluding hydrogens is 488 g/mol. The Balaban J connectivity index is 1.50. The first-order chi connectivity index (χ1) is 17.9. The minimum atomic E-state index is -0.735. The van der Waals surface area contributed by atoms with E-state index in [1.165, 1.54) is 39.0 Å². The second kappa shape index (κ2) is 9.20. The number of esters is 2. The van der Waals surface area contributed by atoms with Gasteiger partial charge >= 0.3 is 11.9 Å². The molecular formula is C34H56O5. The highest BCUT2D eigenvalue weighted by Crippen LogP contribution is 2.77. The molecule has 0 aliphatic heterocycles. The average molecular weight is 545 g/mol. The Morgan fingerprint density at radius 2 is 1.49 bits per heavy atom. The zero-order chi connectivity index (χ0) is 28.8. The van der Waals surface area contributed by atoms with E-state index in [0.717, 1.165) is 32.1 Å². The Morgan fingerprint density at radius 1 is 0.795 bits per heavy atom. The molecule has 0 amide bonds. The molecule has 0 radical (unpaired) electrons. The Kier molecular flexibility index (Phi) is 6.93. The Hall–Kier alpha value is -1.10. The predicted molar refractivity (Wildman–Crippen MR) is 153 cm³/mol. The Bertz CT molecular complexity index is 996. The van der Waals surface area contributed by atoms with Gasteiger partial charge in [0.25, 0.3) is 0 Å². The fraction of sp³-hybridized carbons (Fsp3) is 0.941. The van der Waals surface area contributed by atoms with Crippen molar-refractivity contribution in [1.82, 2.24) is 0 Å². The SMILES string of the molecule is CC(=O)OC[C@@]12CC[C@H](C(C)(C)O)[C@@H]1[C@H]1CC[C@H]3[C@@]4(C)CC[C@H](OC(C)=O)C(C)(C)[C@H]4CC[C@]3(C)[C@]1(C)CC2. The van der Waals surface area contributed by atoms with Gasteiger partial charge in [0.15, 0.2) is 0 Å². The van der Waals surface area contributed by atoms with Crippen molar-refractivity contribution in [2.24, 2.45) is 56.7 Å². The van der Waals surface area contributed by atoms with Crippen molar-refractivity contribution in [3.63, 3.8) is 0 Å². The van der Waals surface area contributed by atoms with Gasteiger partial charge in [-0.05, 0) is 124 Å². The Labute approximate surface area is 237 Å². The van der Waals surface area contributed by atoms with Crippen molar-refractivity contribution in [2.75, 3.05) is 6.61 Å². The Morgan fingerprint density at radius 3 is 2.10 bits per heavy atom. The highest BCUT2D eigenvalue weighted by atomic mass is 16.5. The van der Waals surface area contributed by atoms with Crippen LogP contribution in [0.25, 0.3) is 0 Å². The average Bonchev–Trinajstić information content (AvgIpc) is 3.20. The quantitative estimate of drug-likeness (QED) is 0.375. The van der Waals surface area contributed by atoms with Crippen molar-refractivity contribution < 1.29 is 24.2 Å². The summed E-state index contributed by atoms with van der Waals surface area (Å²) in [6.07, 6.45) is 11.3. The third kappa shape index (κ3) is 4.16. The van der Waals surface area contributed by atoms with Crippen LogP contribution in [0.15, 0.2) is 0 Å². The normalized spacial score (nSPS) is 48.7. The van der Waals surface area contributed by atoms with Crippen molar-refractivity contribution in [3.8, 4) is 0 Å². The molecule has 0 unspecified atom stereocenters. The molecule has 10 atom stereocenters. The lowest BCUT2D eigenvalue weighted by Crippen LogP contribution is -2.67. The van der Waals surface area contributed by atoms with Gasteiger partial charge in [-0.3, -0.25) is 9.59 Å². The zero-order valence-corrected chi connectivity index (χ0v) is 26.3. The molecule has 0 saturated heterocycles. The number of fused-ring (bicyclic) bond motifs is 7. The standard InChI is InChI=1S/C34H56O5/c1-21(35)38-20-34-17-12-23(30(5,6)37)28(34)24-10-11-26-31(7)15-14-27(39-22(2)36)29(3,4)25(31)13-16-33(26,9)32(24,8)18-19-34/h23-28,37H,10-20H2,1-9H3/t23-,24+,25+,26-,27-,28+,31-,32+,33-,34-/m0/s1. The first-order valence-electron chi connectivity index (χ1n) is 16.0. The summed E-state index contributed by atoms with van der Waals surface area (Å²) >= 11 is 0. The van der Waals surface area contributed by atoms with Crippen LogP contribution in [0.2, 0.25) is 0 Å². The molecule has 5 fully saturated rings. The topological polar surface area (TPSA) is 72.8 Å². The molecule has 39 heavy (non-hydrogen) atoms. The van der Waals surface area contributed by atoms with Gasteiger partial charge in [0.05, 0.1) is 12.2 Å². The van der Waals surface area contributed by atoms with Gasteiger partial charge in [-0.1, -0.05) is 34.6 Å². The van der Waals surface area contributed by atoms with Crippen molar-refractivity contribution >= 4 is 11.9 Å². The minimum Gasteiger partial charge on any atom is -0.465 e. The van der Waals surface area contributed by atoms with Crippen LogP contribution in [0.1, 0.15) is 127 Å². The molecule has 5 aliphatic carbocycles. The molecule has 0 aromatic rings. The maximum absolute atomic E-state index is 11.9. The van der Waals surface area contributed by atoms with E-state index in [-0.39, 0.29) is 51.0 Å². The molecule has 222 valence electrons. The van der Waals surface area contributed by atoms with E-state index >= 15 is 0 Å². The van der Waals surface area contributed by atoms with Gasteiger partial charge in [-0.2, -0.15) is 0 Å². The number of hydrogen-bond donors (Lipinski definition) is 1. The van der Waals surface area contributed by atoms with Gasteiger partial charge in [-0.15, -0.1) is 0 Å². The molecule has 5 nitrogen and oxygen atoms in total. The summed E-state index contributed by atoms with van der Waals surface area (Å²) in [5, 5.41) is 11.4. The van der Waals surface area contributed by atoms with E-state index < -0.39 is 5.60 Å². The molecule has 5 rings (SSSR count). The summed E-state index contributed by atoms with van der Waals surface area (Å²) in [5.74, 6) is 2.01. The summed E-state index contributed by atoms with van der Waals surface area (Å²) in [4.78, 5) is 23.9. The highest BCUT2D eigenvalue weighted by molar-refractivity contribution is 5.66. The van der Waals surface area contributed by atoms with E-state index in [0.29, 0.717) is 30.3 Å². The molecule has 0 aromatic carbocycles. The number of hydrogen-bond acceptors (Lipinski definition) is 5. The first-order valence-corrected chi connectivity index (χ1v) is 16.0. The largest absolute Gasteiger partial charge is 0.465 e. The molecule has 5 heteroatoms. The van der Waals surface area contributed by atoms with E-state index in [4.69, 9.17) is 9.47 Å². The first kappa shape index (κ1) is 29.4. The monoisotopic (exact) mass is 544 g/mol. The summed E-state index contributed by atoms with van der Waals surface area (Å²) in [6, 6.07) is 0. The lowest BCUT2D eigenvalue weighted by Gasteiger charge is -2.73. The maximum Gasteiger partial charge on any atom is 0.302 e. The predicted octanol–water partition coefficient (Wildman–Crippen LogP) is 7.33. The van der Waals surface area contributed by atoms with Crippen LogP contribution in [-0.4, -0.2) is 35.4 Å². The number of aliphatic hydroxyl groups is 1. The lowest BCUT2D eigenvalue weighted by atomic mass is 9.32. The third-order valence-corrected chi connectivity index (χ3v) is 14.3. The number of ether oxygens (including phenoxy) is 2. The highest BCUT2D eigenvalue weighted by Gasteiger charge is 2.71. The smallest absolute Gasteiger partial charge is 0.302 e. The van der Waals surface area contributed by atoms with Crippen molar-refractivity contribution in [1.29, 1.82) is 0 Å². The fourth-order valence-corrected chi connectivity index (χ4v) is 12.4. The van der Waals surface area contributed by atoms with Crippen LogP contribution in [0.3, 0.4) is 0 Å². The minimum absolute atomic E-state index is 0.00507. The summed E-state index contributed by atoms with van der Waals surface area (Å²) in [5.41, 5.74) is -0.110. The van der Waals surface area contributed by atoms with E-state index in [1.807, 2.05) is 13.8 Å². The van der Waals surface area contributed by atoms with Crippen molar-refractivity contribution in [3.05, 3.63) is 0 Å². The molecule has 0 aromatic heterocycles.